The molecular formula is C60H79N11O12. The predicted octanol–water partition coefficient (Wildman–Crippen LogP) is 7.42. The summed E-state index contributed by atoms with van der Waals surface area (Å²) in [6, 6.07) is 20.0. The Morgan fingerprint density at radius 3 is 1.77 bits per heavy atom. The first kappa shape index (κ1) is 63.4. The smallest absolute Gasteiger partial charge is 0.407 e. The third kappa shape index (κ3) is 19.5. The van der Waals surface area contributed by atoms with Crippen molar-refractivity contribution in [3.8, 4) is 33.8 Å². The van der Waals surface area contributed by atoms with Gasteiger partial charge in [0.2, 0.25) is 17.7 Å². The van der Waals surface area contributed by atoms with Crippen molar-refractivity contribution in [2.75, 3.05) is 39.9 Å². The van der Waals surface area contributed by atoms with Crippen LogP contribution < -0.4 is 41.4 Å². The number of ether oxygens (including phenoxy) is 5. The van der Waals surface area contributed by atoms with Gasteiger partial charge in [-0.2, -0.15) is 5.21 Å². The Kier molecular flexibility index (Phi) is 21.6. The van der Waals surface area contributed by atoms with Crippen molar-refractivity contribution in [3.63, 3.8) is 0 Å². The van der Waals surface area contributed by atoms with Crippen molar-refractivity contribution < 1.29 is 57.2 Å². The Bertz CT molecular complexity index is 3040. The number of carbonyl (C=O) groups is 7. The molecule has 7 N–H and O–H groups in total. The minimum Gasteiger partial charge on any atom is -0.491 e. The molecule has 23 nitrogen and oxygen atoms in total. The van der Waals surface area contributed by atoms with E-state index < -0.39 is 89.4 Å². The van der Waals surface area contributed by atoms with Crippen LogP contribution in [0.2, 0.25) is 0 Å². The van der Waals surface area contributed by atoms with Crippen molar-refractivity contribution in [2.24, 2.45) is 0 Å². The number of tetrazole rings is 1. The number of aryl methyl sites for hydroxylation is 1. The molecule has 1 aliphatic rings. The molecule has 2 heterocycles. The van der Waals surface area contributed by atoms with E-state index in [4.69, 9.17) is 23.7 Å². The average molecular weight is 1150 g/mol. The van der Waals surface area contributed by atoms with E-state index >= 15 is 9.59 Å². The molecular weight excluding hydrogens is 1070 g/mol. The van der Waals surface area contributed by atoms with Crippen molar-refractivity contribution in [1.29, 1.82) is 0 Å². The molecule has 446 valence electrons. The number of aromatic amines is 1. The lowest BCUT2D eigenvalue weighted by Crippen LogP contribution is -2.56. The zero-order valence-electron chi connectivity index (χ0n) is 49.4. The van der Waals surface area contributed by atoms with Gasteiger partial charge in [-0.05, 0) is 146 Å². The summed E-state index contributed by atoms with van der Waals surface area (Å²) < 4.78 is 29.1. The molecule has 4 aromatic carbocycles. The molecule has 0 fully saturated rings. The van der Waals surface area contributed by atoms with Crippen LogP contribution in [-0.2, 0) is 41.4 Å². The lowest BCUT2D eigenvalue weighted by molar-refractivity contribution is -0.141. The number of nitrogens with one attached hydrogen (secondary N) is 7. The topological polar surface area (TPSA) is 296 Å². The maximum Gasteiger partial charge on any atom is 0.407 e. The maximum atomic E-state index is 15.2. The van der Waals surface area contributed by atoms with E-state index in [-0.39, 0.29) is 55.4 Å². The number of hydrogen-bond acceptors (Lipinski definition) is 15. The lowest BCUT2D eigenvalue weighted by atomic mass is 9.93. The minimum absolute atomic E-state index is 0.0175. The van der Waals surface area contributed by atoms with E-state index in [0.717, 1.165) is 35.3 Å². The third-order valence-corrected chi connectivity index (χ3v) is 12.6. The highest BCUT2D eigenvalue weighted by Crippen LogP contribution is 2.40. The van der Waals surface area contributed by atoms with Gasteiger partial charge in [0.05, 0.1) is 25.7 Å². The van der Waals surface area contributed by atoms with Gasteiger partial charge in [0, 0.05) is 30.2 Å². The fourth-order valence-electron chi connectivity index (χ4n) is 8.69. The molecule has 5 aromatic rings. The SMILES string of the molecule is CCCCc1ccc(-c2ccc(C(=O)N[C@@H](CNC(=O)OC(C)(C)C)C(=O)N(C)[C@@H]3C(=O)N[C@@H](C)C(=O)N[C@H](c4nn[nH]n4)Cc4ccc(OCCNC(=O)OC(C)(C)C)c(c4)-c4cc3ccc4OCCNC(=O)OC(C)(C)C)cc2)cc1. The summed E-state index contributed by atoms with van der Waals surface area (Å²) in [7, 11) is 1.36. The van der Waals surface area contributed by atoms with E-state index in [1.165, 1.54) is 19.5 Å². The number of H-pyrrole nitrogens is 1. The molecule has 0 radical (unpaired) electrons. The first-order valence-electron chi connectivity index (χ1n) is 27.7. The third-order valence-electron chi connectivity index (χ3n) is 12.6. The quantitative estimate of drug-likeness (QED) is 0.0313. The van der Waals surface area contributed by atoms with Crippen LogP contribution in [0.5, 0.6) is 11.5 Å². The number of alkyl carbamates (subject to hydrolysis) is 3. The number of hydrogen-bond donors (Lipinski definition) is 7. The van der Waals surface area contributed by atoms with Gasteiger partial charge in [-0.1, -0.05) is 67.1 Å². The number of aromatic nitrogens is 4. The van der Waals surface area contributed by atoms with Gasteiger partial charge in [0.15, 0.2) is 5.82 Å². The molecule has 1 aliphatic heterocycles. The van der Waals surface area contributed by atoms with Gasteiger partial charge in [0.25, 0.3) is 5.91 Å². The van der Waals surface area contributed by atoms with Gasteiger partial charge in [0.1, 0.15) is 59.6 Å². The van der Waals surface area contributed by atoms with E-state index in [1.54, 1.807) is 123 Å². The van der Waals surface area contributed by atoms with Crippen molar-refractivity contribution in [1.82, 2.24) is 57.4 Å². The molecule has 23 heteroatoms. The molecule has 0 spiro atoms. The van der Waals surface area contributed by atoms with E-state index in [9.17, 15) is 24.0 Å². The second kappa shape index (κ2) is 28.3. The van der Waals surface area contributed by atoms with E-state index in [0.29, 0.717) is 22.4 Å². The normalized spacial score (nSPS) is 15.9. The molecule has 1 aromatic heterocycles. The van der Waals surface area contributed by atoms with E-state index in [1.807, 2.05) is 12.1 Å². The van der Waals surface area contributed by atoms with Crippen molar-refractivity contribution in [3.05, 3.63) is 113 Å². The summed E-state index contributed by atoms with van der Waals surface area (Å²) in [6.45, 7) is 18.6. The molecule has 7 amide bonds. The zero-order chi connectivity index (χ0) is 60.6. The second-order valence-corrected chi connectivity index (χ2v) is 23.0. The predicted molar refractivity (Wildman–Crippen MR) is 309 cm³/mol. The standard InChI is InChI=1S/C60H79N11O12/c1-13-14-15-37-16-19-39(20-17-37)40-21-23-41(24-22-40)52(73)66-46(35-63-57(78)83-60(9,10)11)54(75)71(12)49-42-25-27-48(80-31-29-62-56(77)82-59(6,7)8)44(34-42)43-32-38(18-26-47(43)79-30-28-61-55(76)81-58(3,4)5)33-45(50-67-69-70-68-50)65-51(72)36(2)64-53(49)74/h16-27,32,34,36,45-46,49H,13-15,28-31,33,35H2,1-12H3,(H,61,76)(H,62,77)(H,63,78)(H,64,74)(H,65,72)(H,66,73)(H,67,68,69,70)/t36-,45-,46-,49-/m0/s1. The summed E-state index contributed by atoms with van der Waals surface area (Å²) in [4.78, 5) is 98.2. The monoisotopic (exact) mass is 1150 g/mol. The molecule has 0 unspecified atom stereocenters. The van der Waals surface area contributed by atoms with Crippen LogP contribution in [0.3, 0.4) is 0 Å². The molecule has 6 rings (SSSR count). The number of carbonyl (C=O) groups excluding carboxylic acids is 7. The van der Waals surface area contributed by atoms with Crippen LogP contribution in [-0.4, -0.2) is 136 Å². The van der Waals surface area contributed by atoms with Gasteiger partial charge in [-0.3, -0.25) is 19.2 Å². The van der Waals surface area contributed by atoms with Crippen LogP contribution in [0.1, 0.15) is 134 Å². The van der Waals surface area contributed by atoms with Gasteiger partial charge in [-0.25, -0.2) is 14.4 Å². The summed E-state index contributed by atoms with van der Waals surface area (Å²) in [6.07, 6.45) is 1.09. The number of rotatable bonds is 19. The first-order chi connectivity index (χ1) is 39.2. The second-order valence-electron chi connectivity index (χ2n) is 23.0. The largest absolute Gasteiger partial charge is 0.491 e. The molecule has 0 saturated heterocycles. The van der Waals surface area contributed by atoms with Gasteiger partial charge < -0.3 is 60.5 Å². The Labute approximate surface area is 484 Å². The Morgan fingerprint density at radius 2 is 1.23 bits per heavy atom. The van der Waals surface area contributed by atoms with Crippen molar-refractivity contribution >= 4 is 41.9 Å². The van der Waals surface area contributed by atoms with Gasteiger partial charge in [-0.15, -0.1) is 10.2 Å². The molecule has 4 atom stereocenters. The summed E-state index contributed by atoms with van der Waals surface area (Å²) in [5, 5.41) is 30.9. The average Bonchev–Trinajstić information content (AvgIpc) is 4.12. The molecule has 0 aliphatic carbocycles. The molecule has 83 heavy (non-hydrogen) atoms. The van der Waals surface area contributed by atoms with Crippen LogP contribution in [0.15, 0.2) is 84.9 Å². The highest BCUT2D eigenvalue weighted by Gasteiger charge is 2.37. The van der Waals surface area contributed by atoms with Crippen LogP contribution in [0.4, 0.5) is 14.4 Å². The summed E-state index contributed by atoms with van der Waals surface area (Å²) in [5.41, 5.74) is 2.47. The number of benzene rings is 4. The van der Waals surface area contributed by atoms with Crippen LogP contribution in [0.25, 0.3) is 22.3 Å². The zero-order valence-corrected chi connectivity index (χ0v) is 49.4. The van der Waals surface area contributed by atoms with Crippen LogP contribution in [0, 0.1) is 0 Å². The minimum atomic E-state index is -1.55. The summed E-state index contributed by atoms with van der Waals surface area (Å²) >= 11 is 0. The van der Waals surface area contributed by atoms with Crippen LogP contribution >= 0.6 is 0 Å². The first-order valence-corrected chi connectivity index (χ1v) is 27.7. The fraction of sp³-hybridized carbons (Fsp3) is 0.467. The lowest BCUT2D eigenvalue weighted by Gasteiger charge is -2.33. The van der Waals surface area contributed by atoms with E-state index in [2.05, 4.69) is 71.6 Å². The Hall–Kier alpha value is -8.76. The molecule has 0 saturated carbocycles. The van der Waals surface area contributed by atoms with Crippen molar-refractivity contribution in [2.45, 2.75) is 143 Å². The Morgan fingerprint density at radius 1 is 0.687 bits per heavy atom. The molecule has 4 bridgehead atoms. The fourth-order valence-corrected chi connectivity index (χ4v) is 8.69. The number of nitrogens with zero attached hydrogens (tertiary/aromatic N) is 4. The highest BCUT2D eigenvalue weighted by molar-refractivity contribution is 5.99. The number of fused-ring (bicyclic) bond motifs is 5. The highest BCUT2D eigenvalue weighted by atomic mass is 16.6. The Balaban J connectivity index is 1.43. The van der Waals surface area contributed by atoms with Gasteiger partial charge >= 0.3 is 18.3 Å². The number of amides is 7. The number of likely N-dealkylation sites (N-methyl/N-ethyl adjacent to an activating group) is 1. The maximum absolute atomic E-state index is 15.2. The summed E-state index contributed by atoms with van der Waals surface area (Å²) in [5.74, 6) is -2.21. The number of unbranched alkanes of at least 4 members (excludes halogenated alkanes) is 1.